The Kier molecular flexibility index (Phi) is 4.83. The van der Waals surface area contributed by atoms with Crippen molar-refractivity contribution in [1.29, 1.82) is 0 Å². The van der Waals surface area contributed by atoms with Crippen molar-refractivity contribution in [3.63, 3.8) is 0 Å². The van der Waals surface area contributed by atoms with Crippen molar-refractivity contribution in [3.05, 3.63) is 53.6 Å². The molecule has 0 saturated carbocycles. The summed E-state index contributed by atoms with van der Waals surface area (Å²) in [5.74, 6) is -0.180. The molecule has 0 spiro atoms. The lowest BCUT2D eigenvalue weighted by Gasteiger charge is -2.17. The number of carbonyl (C=O) groups is 2. The highest BCUT2D eigenvalue weighted by molar-refractivity contribution is 5.94. The van der Waals surface area contributed by atoms with Gasteiger partial charge in [-0.15, -0.1) is 0 Å². The summed E-state index contributed by atoms with van der Waals surface area (Å²) in [5.41, 5.74) is 0.817. The van der Waals surface area contributed by atoms with E-state index >= 15 is 0 Å². The highest BCUT2D eigenvalue weighted by Gasteiger charge is 2.30. The Morgan fingerprint density at radius 3 is 2.73 bits per heavy atom. The van der Waals surface area contributed by atoms with E-state index in [0.717, 1.165) is 17.7 Å². The van der Waals surface area contributed by atoms with Crippen LogP contribution in [0.4, 0.5) is 24.5 Å². The molecule has 2 aromatic rings. The van der Waals surface area contributed by atoms with Crippen molar-refractivity contribution < 1.29 is 27.5 Å². The summed E-state index contributed by atoms with van der Waals surface area (Å²) in [4.78, 5) is 23.2. The standard InChI is InChI=1S/C18H15F3N2O3/c19-18(20,21)12-2-1-3-13(9-12)22-17(25)10-26-14-5-6-15-11(8-14)4-7-16(24)23-15/h1-3,5-6,8-9H,4,7,10H2,(H,22,25)(H,23,24). The van der Waals surface area contributed by atoms with Gasteiger partial charge in [0.05, 0.1) is 5.56 Å². The zero-order valence-corrected chi connectivity index (χ0v) is 13.5. The molecule has 136 valence electrons. The molecular weight excluding hydrogens is 349 g/mol. The van der Waals surface area contributed by atoms with Gasteiger partial charge in [0, 0.05) is 17.8 Å². The number of aryl methyl sites for hydroxylation is 1. The zero-order valence-electron chi connectivity index (χ0n) is 13.5. The maximum Gasteiger partial charge on any atom is 0.416 e. The van der Waals surface area contributed by atoms with E-state index in [0.29, 0.717) is 24.3 Å². The van der Waals surface area contributed by atoms with Crippen LogP contribution >= 0.6 is 0 Å². The molecule has 8 heteroatoms. The Morgan fingerprint density at radius 2 is 1.96 bits per heavy atom. The van der Waals surface area contributed by atoms with Gasteiger partial charge in [0.1, 0.15) is 5.75 Å². The summed E-state index contributed by atoms with van der Waals surface area (Å²) in [7, 11) is 0. The molecule has 0 saturated heterocycles. The molecule has 0 bridgehead atoms. The predicted molar refractivity (Wildman–Crippen MR) is 89.0 cm³/mol. The smallest absolute Gasteiger partial charge is 0.416 e. The third kappa shape index (κ3) is 4.33. The van der Waals surface area contributed by atoms with Gasteiger partial charge in [-0.1, -0.05) is 6.07 Å². The number of rotatable bonds is 4. The topological polar surface area (TPSA) is 67.4 Å². The molecule has 0 aromatic heterocycles. The largest absolute Gasteiger partial charge is 0.484 e. The van der Waals surface area contributed by atoms with Crippen LogP contribution in [0.2, 0.25) is 0 Å². The fraction of sp³-hybridized carbons (Fsp3) is 0.222. The molecule has 2 N–H and O–H groups in total. The maximum absolute atomic E-state index is 12.7. The van der Waals surface area contributed by atoms with Crippen molar-refractivity contribution in [2.75, 3.05) is 17.2 Å². The van der Waals surface area contributed by atoms with E-state index in [1.807, 2.05) is 0 Å². The zero-order chi connectivity index (χ0) is 18.7. The van der Waals surface area contributed by atoms with Gasteiger partial charge in [0.15, 0.2) is 6.61 Å². The first-order valence-corrected chi connectivity index (χ1v) is 7.84. The molecule has 2 amide bonds. The van der Waals surface area contributed by atoms with Crippen LogP contribution in [0.25, 0.3) is 0 Å². The first-order valence-electron chi connectivity index (χ1n) is 7.84. The molecule has 0 radical (unpaired) electrons. The second-order valence-electron chi connectivity index (χ2n) is 5.78. The molecule has 5 nitrogen and oxygen atoms in total. The van der Waals surface area contributed by atoms with Crippen LogP contribution < -0.4 is 15.4 Å². The number of ether oxygens (including phenoxy) is 1. The second-order valence-corrected chi connectivity index (χ2v) is 5.78. The third-order valence-electron chi connectivity index (χ3n) is 3.82. The van der Waals surface area contributed by atoms with E-state index in [4.69, 9.17) is 4.74 Å². The average Bonchev–Trinajstić information content (AvgIpc) is 2.59. The number of hydrogen-bond donors (Lipinski definition) is 2. The normalized spacial score (nSPS) is 13.6. The number of anilines is 2. The summed E-state index contributed by atoms with van der Waals surface area (Å²) in [5, 5.41) is 5.11. The second kappa shape index (κ2) is 7.07. The van der Waals surface area contributed by atoms with Crippen molar-refractivity contribution in [3.8, 4) is 5.75 Å². The summed E-state index contributed by atoms with van der Waals surface area (Å²) in [6, 6.07) is 9.41. The van der Waals surface area contributed by atoms with E-state index < -0.39 is 17.6 Å². The first-order chi connectivity index (χ1) is 12.3. The third-order valence-corrected chi connectivity index (χ3v) is 3.82. The number of alkyl halides is 3. The van der Waals surface area contributed by atoms with Crippen LogP contribution in [-0.4, -0.2) is 18.4 Å². The molecule has 0 fully saturated rings. The molecule has 3 rings (SSSR count). The molecule has 0 unspecified atom stereocenters. The van der Waals surface area contributed by atoms with Gasteiger partial charge in [-0.2, -0.15) is 13.2 Å². The highest BCUT2D eigenvalue weighted by atomic mass is 19.4. The monoisotopic (exact) mass is 364 g/mol. The van der Waals surface area contributed by atoms with Crippen LogP contribution in [0.1, 0.15) is 17.5 Å². The van der Waals surface area contributed by atoms with E-state index in [1.54, 1.807) is 18.2 Å². The van der Waals surface area contributed by atoms with Gasteiger partial charge in [-0.3, -0.25) is 9.59 Å². The Bertz CT molecular complexity index is 850. The number of nitrogens with one attached hydrogen (secondary N) is 2. The number of halogens is 3. The van der Waals surface area contributed by atoms with Gasteiger partial charge in [0.25, 0.3) is 5.91 Å². The lowest BCUT2D eigenvalue weighted by molar-refractivity contribution is -0.137. The fourth-order valence-electron chi connectivity index (χ4n) is 2.57. The molecule has 0 aliphatic carbocycles. The van der Waals surface area contributed by atoms with E-state index in [-0.39, 0.29) is 18.2 Å². The van der Waals surface area contributed by atoms with Gasteiger partial charge >= 0.3 is 6.18 Å². The molecule has 1 aliphatic rings. The molecule has 2 aromatic carbocycles. The number of carbonyl (C=O) groups excluding carboxylic acids is 2. The van der Waals surface area contributed by atoms with E-state index in [1.165, 1.54) is 12.1 Å². The average molecular weight is 364 g/mol. The lowest BCUT2D eigenvalue weighted by Crippen LogP contribution is -2.21. The number of benzene rings is 2. The van der Waals surface area contributed by atoms with Gasteiger partial charge in [0.2, 0.25) is 5.91 Å². The fourth-order valence-corrected chi connectivity index (χ4v) is 2.57. The van der Waals surface area contributed by atoms with Crippen molar-refractivity contribution in [2.45, 2.75) is 19.0 Å². The van der Waals surface area contributed by atoms with Gasteiger partial charge < -0.3 is 15.4 Å². The summed E-state index contributed by atoms with van der Waals surface area (Å²) >= 11 is 0. The summed E-state index contributed by atoms with van der Waals surface area (Å²) < 4.78 is 43.4. The van der Waals surface area contributed by atoms with Gasteiger partial charge in [-0.05, 0) is 48.4 Å². The maximum atomic E-state index is 12.7. The SMILES string of the molecule is O=C(COc1ccc2c(c1)CCC(=O)N2)Nc1cccc(C(F)(F)F)c1. The summed E-state index contributed by atoms with van der Waals surface area (Å²) in [6.45, 7) is -0.346. The van der Waals surface area contributed by atoms with Gasteiger partial charge in [-0.25, -0.2) is 0 Å². The van der Waals surface area contributed by atoms with Crippen LogP contribution in [0, 0.1) is 0 Å². The molecule has 1 heterocycles. The quantitative estimate of drug-likeness (QED) is 0.871. The van der Waals surface area contributed by atoms with Crippen LogP contribution in [0.5, 0.6) is 5.75 Å². The lowest BCUT2D eigenvalue weighted by atomic mass is 10.0. The predicted octanol–water partition coefficient (Wildman–Crippen LogP) is 3.61. The number of amides is 2. The minimum atomic E-state index is -4.48. The molecule has 26 heavy (non-hydrogen) atoms. The minimum absolute atomic E-state index is 0.0431. The molecule has 1 aliphatic heterocycles. The van der Waals surface area contributed by atoms with Crippen molar-refractivity contribution in [2.24, 2.45) is 0 Å². The van der Waals surface area contributed by atoms with E-state index in [9.17, 15) is 22.8 Å². The van der Waals surface area contributed by atoms with Crippen molar-refractivity contribution in [1.82, 2.24) is 0 Å². The van der Waals surface area contributed by atoms with Crippen LogP contribution in [0.3, 0.4) is 0 Å². The van der Waals surface area contributed by atoms with E-state index in [2.05, 4.69) is 10.6 Å². The van der Waals surface area contributed by atoms with Crippen molar-refractivity contribution >= 4 is 23.2 Å². The highest BCUT2D eigenvalue weighted by Crippen LogP contribution is 2.30. The number of fused-ring (bicyclic) bond motifs is 1. The molecule has 0 atom stereocenters. The Labute approximate surface area is 147 Å². The van der Waals surface area contributed by atoms with Crippen LogP contribution in [0.15, 0.2) is 42.5 Å². The Balaban J connectivity index is 1.59. The molecular formula is C18H15F3N2O3. The van der Waals surface area contributed by atoms with Crippen LogP contribution in [-0.2, 0) is 22.2 Å². The summed E-state index contributed by atoms with van der Waals surface area (Å²) in [6.07, 6.45) is -3.52. The minimum Gasteiger partial charge on any atom is -0.484 e. The first kappa shape index (κ1) is 17.8. The Hall–Kier alpha value is -3.03. The Morgan fingerprint density at radius 1 is 1.15 bits per heavy atom. The number of hydrogen-bond acceptors (Lipinski definition) is 3.